The van der Waals surface area contributed by atoms with Gasteiger partial charge in [0.05, 0.1) is 6.61 Å². The van der Waals surface area contributed by atoms with Gasteiger partial charge >= 0.3 is 0 Å². The lowest BCUT2D eigenvalue weighted by molar-refractivity contribution is 0.294. The fraction of sp³-hybridized carbons (Fsp3) is 0.647. The Morgan fingerprint density at radius 2 is 1.95 bits per heavy atom. The topological polar surface area (TPSA) is 21.3 Å². The highest BCUT2D eigenvalue weighted by Gasteiger charge is 2.04. The van der Waals surface area contributed by atoms with Crippen molar-refractivity contribution in [1.82, 2.24) is 5.32 Å². The fourth-order valence-corrected chi connectivity index (χ4v) is 2.12. The van der Waals surface area contributed by atoms with E-state index in [2.05, 4.69) is 51.2 Å². The van der Waals surface area contributed by atoms with E-state index < -0.39 is 0 Å². The third kappa shape index (κ3) is 6.11. The van der Waals surface area contributed by atoms with Crippen LogP contribution in [0.5, 0.6) is 5.75 Å². The summed E-state index contributed by atoms with van der Waals surface area (Å²) < 4.78 is 5.81. The smallest absolute Gasteiger partial charge is 0.119 e. The van der Waals surface area contributed by atoms with Crippen LogP contribution in [0.3, 0.4) is 0 Å². The molecule has 1 atom stereocenters. The lowest BCUT2D eigenvalue weighted by atomic mass is 10.1. The summed E-state index contributed by atoms with van der Waals surface area (Å²) in [6.45, 7) is 10.7. The van der Waals surface area contributed by atoms with Crippen LogP contribution < -0.4 is 10.1 Å². The van der Waals surface area contributed by atoms with Gasteiger partial charge in [0, 0.05) is 6.04 Å². The van der Waals surface area contributed by atoms with Crippen molar-refractivity contribution in [3.05, 3.63) is 29.3 Å². The Morgan fingerprint density at radius 3 is 2.58 bits per heavy atom. The summed E-state index contributed by atoms with van der Waals surface area (Å²) in [6, 6.07) is 6.96. The molecule has 0 bridgehead atoms. The molecule has 2 nitrogen and oxygen atoms in total. The monoisotopic (exact) mass is 263 g/mol. The van der Waals surface area contributed by atoms with Crippen molar-refractivity contribution in [3.8, 4) is 5.75 Å². The van der Waals surface area contributed by atoms with E-state index in [1.807, 2.05) is 0 Å². The van der Waals surface area contributed by atoms with Gasteiger partial charge in [0.2, 0.25) is 0 Å². The largest absolute Gasteiger partial charge is 0.494 e. The number of rotatable bonds is 9. The van der Waals surface area contributed by atoms with Crippen LogP contribution in [0.2, 0.25) is 0 Å². The van der Waals surface area contributed by atoms with Crippen molar-refractivity contribution < 1.29 is 4.74 Å². The van der Waals surface area contributed by atoms with Gasteiger partial charge in [0.25, 0.3) is 0 Å². The molecule has 0 heterocycles. The number of benzene rings is 1. The standard InChI is InChI=1S/C17H29NO/c1-5-11-18-16(6-2)8-7-12-19-17-10-9-14(3)15(4)13-17/h9-10,13,16,18H,5-8,11-12H2,1-4H3. The summed E-state index contributed by atoms with van der Waals surface area (Å²) >= 11 is 0. The first kappa shape index (κ1) is 16.0. The third-order valence-corrected chi connectivity index (χ3v) is 3.62. The quantitative estimate of drug-likeness (QED) is 0.673. The Hall–Kier alpha value is -1.02. The average molecular weight is 263 g/mol. The molecule has 0 aliphatic rings. The van der Waals surface area contributed by atoms with E-state index >= 15 is 0 Å². The van der Waals surface area contributed by atoms with Gasteiger partial charge in [-0.1, -0.05) is 19.9 Å². The van der Waals surface area contributed by atoms with Gasteiger partial charge in [-0.2, -0.15) is 0 Å². The zero-order chi connectivity index (χ0) is 14.1. The first-order chi connectivity index (χ1) is 9.17. The number of hydrogen-bond acceptors (Lipinski definition) is 2. The first-order valence-corrected chi connectivity index (χ1v) is 7.60. The van der Waals surface area contributed by atoms with E-state index in [0.29, 0.717) is 6.04 Å². The zero-order valence-electron chi connectivity index (χ0n) is 13.0. The van der Waals surface area contributed by atoms with Crippen LogP contribution in [-0.4, -0.2) is 19.2 Å². The molecule has 2 heteroatoms. The Kier molecular flexibility index (Phi) is 7.57. The van der Waals surface area contributed by atoms with Gasteiger partial charge in [0.15, 0.2) is 0 Å². The van der Waals surface area contributed by atoms with E-state index in [1.165, 1.54) is 30.4 Å². The molecule has 1 aromatic rings. The molecule has 0 aliphatic carbocycles. The zero-order valence-corrected chi connectivity index (χ0v) is 13.0. The van der Waals surface area contributed by atoms with E-state index in [1.54, 1.807) is 0 Å². The van der Waals surface area contributed by atoms with E-state index in [-0.39, 0.29) is 0 Å². The lowest BCUT2D eigenvalue weighted by Gasteiger charge is -2.16. The summed E-state index contributed by atoms with van der Waals surface area (Å²) in [5.41, 5.74) is 2.62. The molecule has 19 heavy (non-hydrogen) atoms. The van der Waals surface area contributed by atoms with Crippen molar-refractivity contribution in [2.45, 2.75) is 59.4 Å². The molecule has 1 unspecified atom stereocenters. The summed E-state index contributed by atoms with van der Waals surface area (Å²) in [5, 5.41) is 3.58. The number of hydrogen-bond donors (Lipinski definition) is 1. The summed E-state index contributed by atoms with van der Waals surface area (Å²) in [4.78, 5) is 0. The minimum atomic E-state index is 0.642. The molecular formula is C17H29NO. The Bertz CT molecular complexity index is 362. The minimum absolute atomic E-state index is 0.642. The maximum absolute atomic E-state index is 5.81. The van der Waals surface area contributed by atoms with Crippen LogP contribution in [0, 0.1) is 13.8 Å². The van der Waals surface area contributed by atoms with Gasteiger partial charge in [0.1, 0.15) is 5.75 Å². The van der Waals surface area contributed by atoms with Crippen LogP contribution in [0.15, 0.2) is 18.2 Å². The predicted molar refractivity (Wildman–Crippen MR) is 83.0 cm³/mol. The second-order valence-electron chi connectivity index (χ2n) is 5.30. The molecule has 108 valence electrons. The van der Waals surface area contributed by atoms with Crippen molar-refractivity contribution >= 4 is 0 Å². The van der Waals surface area contributed by atoms with Crippen molar-refractivity contribution in [2.75, 3.05) is 13.2 Å². The number of ether oxygens (including phenoxy) is 1. The lowest BCUT2D eigenvalue weighted by Crippen LogP contribution is -2.29. The van der Waals surface area contributed by atoms with Crippen molar-refractivity contribution in [3.63, 3.8) is 0 Å². The summed E-state index contributed by atoms with van der Waals surface area (Å²) in [5.74, 6) is 0.998. The van der Waals surface area contributed by atoms with Crippen LogP contribution in [0.25, 0.3) is 0 Å². The fourth-order valence-electron chi connectivity index (χ4n) is 2.12. The molecule has 0 fully saturated rings. The van der Waals surface area contributed by atoms with Gasteiger partial charge in [-0.05, 0) is 69.3 Å². The van der Waals surface area contributed by atoms with Gasteiger partial charge in [-0.25, -0.2) is 0 Å². The molecule has 0 amide bonds. The molecule has 0 aliphatic heterocycles. The predicted octanol–water partition coefficient (Wildman–Crippen LogP) is 4.24. The molecule has 0 aromatic heterocycles. The van der Waals surface area contributed by atoms with Crippen LogP contribution in [0.1, 0.15) is 50.7 Å². The van der Waals surface area contributed by atoms with Crippen molar-refractivity contribution in [2.24, 2.45) is 0 Å². The summed E-state index contributed by atoms with van der Waals surface area (Å²) in [7, 11) is 0. The van der Waals surface area contributed by atoms with Crippen LogP contribution in [-0.2, 0) is 0 Å². The molecule has 0 saturated carbocycles. The highest BCUT2D eigenvalue weighted by molar-refractivity contribution is 5.33. The first-order valence-electron chi connectivity index (χ1n) is 7.60. The number of aryl methyl sites for hydroxylation is 2. The normalized spacial score (nSPS) is 12.4. The summed E-state index contributed by atoms with van der Waals surface area (Å²) in [6.07, 6.45) is 4.71. The average Bonchev–Trinajstić information content (AvgIpc) is 2.42. The van der Waals surface area contributed by atoms with Crippen LogP contribution >= 0.6 is 0 Å². The number of nitrogens with one attached hydrogen (secondary N) is 1. The maximum Gasteiger partial charge on any atom is 0.119 e. The molecule has 1 aromatic carbocycles. The van der Waals surface area contributed by atoms with E-state index in [9.17, 15) is 0 Å². The van der Waals surface area contributed by atoms with Crippen molar-refractivity contribution in [1.29, 1.82) is 0 Å². The molecular weight excluding hydrogens is 234 g/mol. The molecule has 0 radical (unpaired) electrons. The minimum Gasteiger partial charge on any atom is -0.494 e. The molecule has 1 rings (SSSR count). The second kappa shape index (κ2) is 8.98. The Labute approximate surface area is 118 Å². The molecule has 0 saturated heterocycles. The van der Waals surface area contributed by atoms with Gasteiger partial charge < -0.3 is 10.1 Å². The van der Waals surface area contributed by atoms with E-state index in [0.717, 1.165) is 25.3 Å². The van der Waals surface area contributed by atoms with E-state index in [4.69, 9.17) is 4.74 Å². The maximum atomic E-state index is 5.81. The van der Waals surface area contributed by atoms with Gasteiger partial charge in [-0.15, -0.1) is 0 Å². The van der Waals surface area contributed by atoms with Crippen LogP contribution in [0.4, 0.5) is 0 Å². The highest BCUT2D eigenvalue weighted by atomic mass is 16.5. The second-order valence-corrected chi connectivity index (χ2v) is 5.30. The Balaban J connectivity index is 2.24. The Morgan fingerprint density at radius 1 is 1.16 bits per heavy atom. The van der Waals surface area contributed by atoms with Gasteiger partial charge in [-0.3, -0.25) is 0 Å². The SMILES string of the molecule is CCCNC(CC)CCCOc1ccc(C)c(C)c1. The third-order valence-electron chi connectivity index (χ3n) is 3.62. The molecule has 1 N–H and O–H groups in total. The molecule has 0 spiro atoms. The highest BCUT2D eigenvalue weighted by Crippen LogP contribution is 2.16.